The van der Waals surface area contributed by atoms with Crippen LogP contribution in [-0.4, -0.2) is 24.1 Å². The Kier molecular flexibility index (Phi) is 5.11. The zero-order valence-corrected chi connectivity index (χ0v) is 14.2. The van der Waals surface area contributed by atoms with Gasteiger partial charge in [-0.2, -0.15) is 0 Å². The molecule has 20 heavy (non-hydrogen) atoms. The number of hydrogen-bond donors (Lipinski definition) is 1. The molecule has 1 N–H and O–H groups in total. The average molecular weight is 421 g/mol. The first-order chi connectivity index (χ1) is 9.46. The van der Waals surface area contributed by atoms with Crippen LogP contribution in [0.2, 0.25) is 0 Å². The number of rotatable bonds is 5. The summed E-state index contributed by atoms with van der Waals surface area (Å²) >= 11 is 6.32. The zero-order valence-electron chi connectivity index (χ0n) is 10.3. The van der Waals surface area contributed by atoms with E-state index >= 15 is 0 Å². The van der Waals surface area contributed by atoms with Crippen LogP contribution in [0.25, 0.3) is 0 Å². The van der Waals surface area contributed by atoms with Gasteiger partial charge < -0.3 is 0 Å². The van der Waals surface area contributed by atoms with E-state index in [1.165, 1.54) is 6.20 Å². The molecule has 0 saturated heterocycles. The molecule has 2 aromatic rings. The number of nitrogens with zero attached hydrogens (tertiary/aromatic N) is 2. The van der Waals surface area contributed by atoms with E-state index in [1.807, 2.05) is 30.3 Å². The fourth-order valence-corrected chi connectivity index (χ4v) is 3.60. The summed E-state index contributed by atoms with van der Waals surface area (Å²) in [6.45, 7) is 0. The van der Waals surface area contributed by atoms with E-state index in [4.69, 9.17) is 0 Å². The third kappa shape index (κ3) is 4.53. The number of sulfonamides is 1. The van der Waals surface area contributed by atoms with Crippen LogP contribution in [0.15, 0.2) is 45.7 Å². The van der Waals surface area contributed by atoms with Crippen LogP contribution in [0, 0.1) is 0 Å². The van der Waals surface area contributed by atoms with Crippen molar-refractivity contribution in [3.8, 4) is 0 Å². The van der Waals surface area contributed by atoms with Gasteiger partial charge in [-0.25, -0.2) is 18.4 Å². The molecule has 0 bridgehead atoms. The van der Waals surface area contributed by atoms with Crippen molar-refractivity contribution in [1.29, 1.82) is 0 Å². The van der Waals surface area contributed by atoms with E-state index in [2.05, 4.69) is 46.5 Å². The van der Waals surface area contributed by atoms with Gasteiger partial charge in [0.25, 0.3) is 0 Å². The van der Waals surface area contributed by atoms with Crippen molar-refractivity contribution in [1.82, 2.24) is 9.97 Å². The molecule has 1 aromatic heterocycles. The molecular weight excluding hydrogens is 410 g/mol. The highest BCUT2D eigenvalue weighted by atomic mass is 79.9. The highest BCUT2D eigenvalue weighted by Crippen LogP contribution is 2.20. The first-order valence-electron chi connectivity index (χ1n) is 5.69. The van der Waals surface area contributed by atoms with Crippen LogP contribution >= 0.6 is 31.9 Å². The maximum absolute atomic E-state index is 12.0. The number of aromatic nitrogens is 2. The third-order valence-corrected chi connectivity index (χ3v) is 4.64. The molecule has 5 nitrogen and oxygen atoms in total. The molecule has 0 amide bonds. The Labute approximate surface area is 134 Å². The fraction of sp³-hybridized carbons (Fsp3) is 0.167. The zero-order chi connectivity index (χ0) is 14.6. The normalized spacial score (nSPS) is 11.3. The molecule has 2 rings (SSSR count). The first kappa shape index (κ1) is 15.4. The Bertz CT molecular complexity index is 693. The Morgan fingerprint density at radius 3 is 2.50 bits per heavy atom. The lowest BCUT2D eigenvalue weighted by Crippen LogP contribution is -2.19. The van der Waals surface area contributed by atoms with Crippen LogP contribution in [0.1, 0.15) is 5.56 Å². The number of nitrogens with one attached hydrogen (secondary N) is 1. The van der Waals surface area contributed by atoms with E-state index in [1.54, 1.807) is 0 Å². The van der Waals surface area contributed by atoms with Crippen LogP contribution in [0.3, 0.4) is 0 Å². The number of benzene rings is 1. The minimum absolute atomic E-state index is 0.0127. The second-order valence-corrected chi connectivity index (χ2v) is 7.39. The van der Waals surface area contributed by atoms with Crippen LogP contribution in [-0.2, 0) is 16.4 Å². The highest BCUT2D eigenvalue weighted by molar-refractivity contribution is 9.11. The van der Waals surface area contributed by atoms with Crippen molar-refractivity contribution < 1.29 is 8.42 Å². The van der Waals surface area contributed by atoms with Crippen molar-refractivity contribution in [2.24, 2.45) is 0 Å². The van der Waals surface area contributed by atoms with Gasteiger partial charge in [-0.3, -0.25) is 4.72 Å². The number of halogens is 2. The van der Waals surface area contributed by atoms with E-state index in [0.29, 0.717) is 15.6 Å². The Morgan fingerprint density at radius 2 is 1.85 bits per heavy atom. The monoisotopic (exact) mass is 419 g/mol. The molecule has 0 spiro atoms. The molecule has 0 saturated carbocycles. The summed E-state index contributed by atoms with van der Waals surface area (Å²) < 4.78 is 27.3. The van der Waals surface area contributed by atoms with E-state index < -0.39 is 10.0 Å². The van der Waals surface area contributed by atoms with Crippen molar-refractivity contribution in [3.05, 3.63) is 51.3 Å². The van der Waals surface area contributed by atoms with Gasteiger partial charge in [0.05, 0.1) is 11.9 Å². The van der Waals surface area contributed by atoms with E-state index in [9.17, 15) is 8.42 Å². The summed E-state index contributed by atoms with van der Waals surface area (Å²) in [6, 6.07) is 9.44. The van der Waals surface area contributed by atoms with Crippen molar-refractivity contribution in [2.75, 3.05) is 10.5 Å². The largest absolute Gasteiger partial charge is 0.265 e. The molecule has 0 fully saturated rings. The predicted molar refractivity (Wildman–Crippen MR) is 85.0 cm³/mol. The predicted octanol–water partition coefficient (Wildman–Crippen LogP) is 2.99. The summed E-state index contributed by atoms with van der Waals surface area (Å²) in [4.78, 5) is 7.99. The molecule has 106 valence electrons. The minimum Gasteiger partial charge on any atom is -0.265 e. The van der Waals surface area contributed by atoms with Crippen molar-refractivity contribution >= 4 is 47.7 Å². The summed E-state index contributed by atoms with van der Waals surface area (Å²) in [5, 5.41) is 0. The quantitative estimate of drug-likeness (QED) is 0.806. The molecular formula is C12H11Br2N3O2S. The van der Waals surface area contributed by atoms with Crippen LogP contribution in [0.5, 0.6) is 0 Å². The molecule has 0 unspecified atom stereocenters. The number of hydrogen-bond acceptors (Lipinski definition) is 4. The molecule has 0 aliphatic heterocycles. The van der Waals surface area contributed by atoms with E-state index in [-0.39, 0.29) is 11.6 Å². The second-order valence-electron chi connectivity index (χ2n) is 3.99. The maximum Gasteiger partial charge on any atom is 0.234 e. The van der Waals surface area contributed by atoms with Gasteiger partial charge in [0.15, 0.2) is 10.4 Å². The topological polar surface area (TPSA) is 72.0 Å². The van der Waals surface area contributed by atoms with Crippen LogP contribution in [0.4, 0.5) is 5.82 Å². The van der Waals surface area contributed by atoms with Gasteiger partial charge >= 0.3 is 0 Å². The van der Waals surface area contributed by atoms with Gasteiger partial charge in [0.2, 0.25) is 10.0 Å². The second kappa shape index (κ2) is 6.64. The molecule has 8 heteroatoms. The van der Waals surface area contributed by atoms with E-state index in [0.717, 1.165) is 5.56 Å². The smallest absolute Gasteiger partial charge is 0.234 e. The maximum atomic E-state index is 12.0. The van der Waals surface area contributed by atoms with Crippen molar-refractivity contribution in [3.63, 3.8) is 0 Å². The lowest BCUT2D eigenvalue weighted by Gasteiger charge is -2.08. The fourth-order valence-electron chi connectivity index (χ4n) is 1.51. The number of anilines is 1. The average Bonchev–Trinajstić information content (AvgIpc) is 2.41. The first-order valence-corrected chi connectivity index (χ1v) is 8.92. The lowest BCUT2D eigenvalue weighted by atomic mass is 10.2. The SMILES string of the molecule is O=S(=O)(CCc1ccccc1)Nc1ncc(Br)nc1Br. The summed E-state index contributed by atoms with van der Waals surface area (Å²) in [5.74, 6) is 0.169. The van der Waals surface area contributed by atoms with Gasteiger partial charge in [-0.05, 0) is 43.8 Å². The molecule has 0 radical (unpaired) electrons. The molecule has 0 aliphatic carbocycles. The summed E-state index contributed by atoms with van der Waals surface area (Å²) in [5.41, 5.74) is 0.971. The van der Waals surface area contributed by atoms with Gasteiger partial charge in [-0.15, -0.1) is 0 Å². The third-order valence-electron chi connectivity index (χ3n) is 2.46. The molecule has 1 aromatic carbocycles. The summed E-state index contributed by atoms with van der Waals surface area (Å²) in [7, 11) is -3.47. The minimum atomic E-state index is -3.47. The molecule has 0 atom stereocenters. The lowest BCUT2D eigenvalue weighted by molar-refractivity contribution is 0.600. The van der Waals surface area contributed by atoms with Gasteiger partial charge in [-0.1, -0.05) is 30.3 Å². The van der Waals surface area contributed by atoms with Crippen molar-refractivity contribution in [2.45, 2.75) is 6.42 Å². The highest BCUT2D eigenvalue weighted by Gasteiger charge is 2.14. The Hall–Kier alpha value is -0.990. The molecule has 1 heterocycles. The summed E-state index contributed by atoms with van der Waals surface area (Å²) in [6.07, 6.45) is 1.87. The number of aryl methyl sites for hydroxylation is 1. The van der Waals surface area contributed by atoms with Gasteiger partial charge in [0.1, 0.15) is 4.60 Å². The Morgan fingerprint density at radius 1 is 1.15 bits per heavy atom. The molecule has 0 aliphatic rings. The standard InChI is InChI=1S/C12H11Br2N3O2S/c13-10-8-15-12(11(14)16-10)17-20(18,19)7-6-9-4-2-1-3-5-9/h1-5,8H,6-7H2,(H,15,17). The van der Waals surface area contributed by atoms with Gasteiger partial charge in [0, 0.05) is 0 Å². The van der Waals surface area contributed by atoms with Crippen LogP contribution < -0.4 is 4.72 Å². The Balaban J connectivity index is 2.04.